The molecule has 0 saturated heterocycles. The third-order valence-corrected chi connectivity index (χ3v) is 3.30. The van der Waals surface area contributed by atoms with Gasteiger partial charge in [0.05, 0.1) is 12.6 Å². The van der Waals surface area contributed by atoms with Gasteiger partial charge in [-0.3, -0.25) is 0 Å². The Labute approximate surface area is 109 Å². The molecule has 1 heterocycles. The van der Waals surface area contributed by atoms with Crippen molar-refractivity contribution < 1.29 is 4.42 Å². The lowest BCUT2D eigenvalue weighted by atomic mass is 10.1. The Morgan fingerprint density at radius 3 is 2.88 bits per heavy atom. The van der Waals surface area contributed by atoms with Crippen LogP contribution in [-0.4, -0.2) is 11.5 Å². The fourth-order valence-corrected chi connectivity index (χ4v) is 2.05. The largest absolute Gasteiger partial charge is 0.445 e. The number of benzene rings is 1. The van der Waals surface area contributed by atoms with Gasteiger partial charge in [-0.15, -0.1) is 0 Å². The van der Waals surface area contributed by atoms with Crippen molar-refractivity contribution in [3.63, 3.8) is 0 Å². The van der Waals surface area contributed by atoms with Crippen LogP contribution in [0.25, 0.3) is 0 Å². The molecule has 0 atom stereocenters. The van der Waals surface area contributed by atoms with Crippen LogP contribution < -0.4 is 5.73 Å². The summed E-state index contributed by atoms with van der Waals surface area (Å²) < 4.78 is 6.74. The van der Waals surface area contributed by atoms with Gasteiger partial charge in [-0.25, -0.2) is 4.98 Å². The topological polar surface area (TPSA) is 52.0 Å². The van der Waals surface area contributed by atoms with Crippen LogP contribution in [0.15, 0.2) is 39.4 Å². The second kappa shape index (κ2) is 5.98. The number of halogens is 1. The SMILES string of the molecule is NCCCc1cnc(Cc2ccccc2Br)o1. The van der Waals surface area contributed by atoms with Gasteiger partial charge in [0.1, 0.15) is 5.76 Å². The molecule has 0 saturated carbocycles. The molecule has 0 fully saturated rings. The van der Waals surface area contributed by atoms with Crippen LogP contribution >= 0.6 is 15.9 Å². The molecular weight excluding hydrogens is 280 g/mol. The summed E-state index contributed by atoms with van der Waals surface area (Å²) in [6.45, 7) is 0.681. The lowest BCUT2D eigenvalue weighted by molar-refractivity contribution is 0.459. The molecule has 2 rings (SSSR count). The number of nitrogens with two attached hydrogens (primary N) is 1. The fourth-order valence-electron chi connectivity index (χ4n) is 1.63. The summed E-state index contributed by atoms with van der Waals surface area (Å²) in [7, 11) is 0. The molecule has 90 valence electrons. The number of rotatable bonds is 5. The molecule has 0 amide bonds. The van der Waals surface area contributed by atoms with Crippen LogP contribution in [0.3, 0.4) is 0 Å². The highest BCUT2D eigenvalue weighted by Crippen LogP contribution is 2.19. The molecule has 1 aromatic carbocycles. The van der Waals surface area contributed by atoms with Gasteiger partial charge in [0.25, 0.3) is 0 Å². The van der Waals surface area contributed by atoms with Crippen molar-refractivity contribution in [2.24, 2.45) is 5.73 Å². The monoisotopic (exact) mass is 294 g/mol. The molecular formula is C13H15BrN2O. The molecule has 3 nitrogen and oxygen atoms in total. The van der Waals surface area contributed by atoms with Gasteiger partial charge in [0.2, 0.25) is 0 Å². The van der Waals surface area contributed by atoms with E-state index in [1.165, 1.54) is 5.56 Å². The van der Waals surface area contributed by atoms with E-state index < -0.39 is 0 Å². The number of oxazole rings is 1. The summed E-state index contributed by atoms with van der Waals surface area (Å²) >= 11 is 3.52. The van der Waals surface area contributed by atoms with Crippen molar-refractivity contribution >= 4 is 15.9 Å². The van der Waals surface area contributed by atoms with E-state index in [1.54, 1.807) is 6.20 Å². The maximum absolute atomic E-state index is 5.66. The first-order chi connectivity index (χ1) is 8.29. The zero-order chi connectivity index (χ0) is 12.1. The van der Waals surface area contributed by atoms with E-state index in [9.17, 15) is 0 Å². The number of hydrogen-bond donors (Lipinski definition) is 1. The minimum absolute atomic E-state index is 0.681. The molecule has 2 aromatic rings. The summed E-state index contributed by atoms with van der Waals surface area (Å²) in [6.07, 6.45) is 4.30. The molecule has 1 aromatic heterocycles. The summed E-state index contributed by atoms with van der Waals surface area (Å²) in [5.74, 6) is 1.67. The van der Waals surface area contributed by atoms with Gasteiger partial charge < -0.3 is 10.2 Å². The number of hydrogen-bond acceptors (Lipinski definition) is 3. The highest BCUT2D eigenvalue weighted by atomic mass is 79.9. The molecule has 0 aliphatic heterocycles. The Morgan fingerprint density at radius 2 is 2.12 bits per heavy atom. The van der Waals surface area contributed by atoms with Crippen molar-refractivity contribution in [3.05, 3.63) is 52.1 Å². The van der Waals surface area contributed by atoms with E-state index in [0.29, 0.717) is 13.0 Å². The first-order valence-electron chi connectivity index (χ1n) is 5.66. The number of nitrogens with zero attached hydrogens (tertiary/aromatic N) is 1. The highest BCUT2D eigenvalue weighted by molar-refractivity contribution is 9.10. The van der Waals surface area contributed by atoms with Gasteiger partial charge in [0, 0.05) is 10.9 Å². The fraction of sp³-hybridized carbons (Fsp3) is 0.308. The predicted molar refractivity (Wildman–Crippen MR) is 70.8 cm³/mol. The Bertz CT molecular complexity index is 482. The molecule has 0 bridgehead atoms. The maximum atomic E-state index is 5.66. The van der Waals surface area contributed by atoms with Crippen LogP contribution in [0.1, 0.15) is 23.6 Å². The number of aromatic nitrogens is 1. The Hall–Kier alpha value is -1.13. The maximum Gasteiger partial charge on any atom is 0.198 e. The Morgan fingerprint density at radius 1 is 1.29 bits per heavy atom. The van der Waals surface area contributed by atoms with E-state index in [4.69, 9.17) is 10.2 Å². The molecule has 0 radical (unpaired) electrons. The average Bonchev–Trinajstić information content (AvgIpc) is 2.77. The Kier molecular flexibility index (Phi) is 4.34. The van der Waals surface area contributed by atoms with Crippen molar-refractivity contribution in [2.75, 3.05) is 6.54 Å². The minimum Gasteiger partial charge on any atom is -0.445 e. The standard InChI is InChI=1S/C13H15BrN2O/c14-12-6-2-1-4-10(12)8-13-16-9-11(17-13)5-3-7-15/h1-2,4,6,9H,3,5,7-8,15H2. The van der Waals surface area contributed by atoms with Crippen LogP contribution in [-0.2, 0) is 12.8 Å². The average molecular weight is 295 g/mol. The van der Waals surface area contributed by atoms with Gasteiger partial charge in [-0.05, 0) is 24.6 Å². The van der Waals surface area contributed by atoms with E-state index in [0.717, 1.165) is 29.0 Å². The molecule has 0 aliphatic carbocycles. The van der Waals surface area contributed by atoms with E-state index >= 15 is 0 Å². The zero-order valence-electron chi connectivity index (χ0n) is 9.53. The van der Waals surface area contributed by atoms with E-state index in [-0.39, 0.29) is 0 Å². The lowest BCUT2D eigenvalue weighted by Gasteiger charge is -2.00. The van der Waals surface area contributed by atoms with Crippen molar-refractivity contribution in [3.8, 4) is 0 Å². The Balaban J connectivity index is 2.04. The molecule has 0 unspecified atom stereocenters. The number of aryl methyl sites for hydroxylation is 1. The molecule has 4 heteroatoms. The van der Waals surface area contributed by atoms with Gasteiger partial charge in [-0.1, -0.05) is 34.1 Å². The van der Waals surface area contributed by atoms with Crippen LogP contribution in [0.2, 0.25) is 0 Å². The lowest BCUT2D eigenvalue weighted by Crippen LogP contribution is -1.99. The second-order valence-corrected chi connectivity index (χ2v) is 4.74. The van der Waals surface area contributed by atoms with E-state index in [2.05, 4.69) is 27.0 Å². The molecule has 0 aliphatic rings. The highest BCUT2D eigenvalue weighted by Gasteiger charge is 2.06. The molecule has 2 N–H and O–H groups in total. The predicted octanol–water partition coefficient (Wildman–Crippen LogP) is 2.92. The molecule has 17 heavy (non-hydrogen) atoms. The summed E-state index contributed by atoms with van der Waals surface area (Å²) in [6, 6.07) is 8.09. The minimum atomic E-state index is 0.681. The van der Waals surface area contributed by atoms with Crippen LogP contribution in [0.5, 0.6) is 0 Å². The smallest absolute Gasteiger partial charge is 0.198 e. The van der Waals surface area contributed by atoms with E-state index in [1.807, 2.05) is 18.2 Å². The zero-order valence-corrected chi connectivity index (χ0v) is 11.1. The van der Waals surface area contributed by atoms with Crippen molar-refractivity contribution in [1.82, 2.24) is 4.98 Å². The third kappa shape index (κ3) is 3.41. The summed E-state index contributed by atoms with van der Waals surface area (Å²) in [5, 5.41) is 0. The van der Waals surface area contributed by atoms with Gasteiger partial charge in [0.15, 0.2) is 5.89 Å². The van der Waals surface area contributed by atoms with Crippen LogP contribution in [0.4, 0.5) is 0 Å². The quantitative estimate of drug-likeness (QED) is 0.922. The summed E-state index contributed by atoms with van der Waals surface area (Å²) in [4.78, 5) is 4.28. The van der Waals surface area contributed by atoms with Crippen molar-refractivity contribution in [2.45, 2.75) is 19.3 Å². The third-order valence-electron chi connectivity index (χ3n) is 2.53. The van der Waals surface area contributed by atoms with Gasteiger partial charge >= 0.3 is 0 Å². The first kappa shape index (κ1) is 12.3. The van der Waals surface area contributed by atoms with Gasteiger partial charge in [-0.2, -0.15) is 0 Å². The molecule has 0 spiro atoms. The van der Waals surface area contributed by atoms with Crippen LogP contribution in [0, 0.1) is 0 Å². The summed E-state index contributed by atoms with van der Waals surface area (Å²) in [5.41, 5.74) is 6.64. The second-order valence-electron chi connectivity index (χ2n) is 3.88. The van der Waals surface area contributed by atoms with Crippen molar-refractivity contribution in [1.29, 1.82) is 0 Å². The first-order valence-corrected chi connectivity index (χ1v) is 6.46. The normalized spacial score (nSPS) is 10.7.